The summed E-state index contributed by atoms with van der Waals surface area (Å²) in [4.78, 5) is 12.5. The van der Waals surface area contributed by atoms with Gasteiger partial charge in [0.15, 0.2) is 5.82 Å². The summed E-state index contributed by atoms with van der Waals surface area (Å²) in [6, 6.07) is 15.8. The average Bonchev–Trinajstić information content (AvgIpc) is 3.09. The highest BCUT2D eigenvalue weighted by Gasteiger charge is 2.19. The number of amides is 1. The lowest BCUT2D eigenvalue weighted by Crippen LogP contribution is -2.20. The molecule has 0 bridgehead atoms. The Bertz CT molecular complexity index is 1100. The topological polar surface area (TPSA) is 95.1 Å². The first-order valence-corrected chi connectivity index (χ1v) is 11.9. The lowest BCUT2D eigenvalue weighted by atomic mass is 9.86. The summed E-state index contributed by atoms with van der Waals surface area (Å²) >= 11 is 1.23. The van der Waals surface area contributed by atoms with Crippen LogP contribution in [0.5, 0.6) is 5.75 Å². The van der Waals surface area contributed by atoms with E-state index in [1.807, 2.05) is 36.4 Å². The number of nitrogen functional groups attached to an aromatic ring is 1. The first-order valence-electron chi connectivity index (χ1n) is 10.9. The zero-order valence-electron chi connectivity index (χ0n) is 20.2. The van der Waals surface area contributed by atoms with E-state index in [4.69, 9.17) is 10.6 Å². The Morgan fingerprint density at radius 1 is 1.00 bits per heavy atom. The molecule has 0 saturated heterocycles. The Hall–Kier alpha value is -3.00. The maximum Gasteiger partial charge on any atom is 0.234 e. The summed E-state index contributed by atoms with van der Waals surface area (Å²) < 4.78 is 7.18. The number of para-hydroxylation sites is 1. The van der Waals surface area contributed by atoms with Gasteiger partial charge >= 0.3 is 0 Å². The Morgan fingerprint density at radius 3 is 2.30 bits per heavy atom. The number of rotatable bonds is 7. The molecule has 3 aromatic rings. The molecule has 3 rings (SSSR count). The van der Waals surface area contributed by atoms with Crippen molar-refractivity contribution in [1.29, 1.82) is 0 Å². The van der Waals surface area contributed by atoms with Gasteiger partial charge in [-0.2, -0.15) is 0 Å². The standard InChI is InChI=1S/C25H33N5O2S/c1-24(2,3)17-11-13-18(14-12-17)32-15-21-28-29-23(30(21)26)33-16-22(31)27-20-10-8-7-9-19(20)25(4,5)6/h7-14H,15-16,26H2,1-6H3,(H,27,31). The third kappa shape index (κ3) is 6.51. The van der Waals surface area contributed by atoms with Crippen molar-refractivity contribution in [3.63, 3.8) is 0 Å². The van der Waals surface area contributed by atoms with Gasteiger partial charge in [0, 0.05) is 5.69 Å². The Kier molecular flexibility index (Phi) is 7.37. The number of hydrogen-bond acceptors (Lipinski definition) is 6. The minimum absolute atomic E-state index is 0.0730. The van der Waals surface area contributed by atoms with Crippen molar-refractivity contribution in [3.8, 4) is 5.75 Å². The summed E-state index contributed by atoms with van der Waals surface area (Å²) in [6.07, 6.45) is 0. The van der Waals surface area contributed by atoms with Crippen LogP contribution in [0, 0.1) is 0 Å². The van der Waals surface area contributed by atoms with Crippen LogP contribution in [0.25, 0.3) is 0 Å². The van der Waals surface area contributed by atoms with Gasteiger partial charge in [0.05, 0.1) is 5.75 Å². The molecule has 1 heterocycles. The lowest BCUT2D eigenvalue weighted by Gasteiger charge is -2.22. The first-order chi connectivity index (χ1) is 15.4. The summed E-state index contributed by atoms with van der Waals surface area (Å²) in [6.45, 7) is 13.0. The highest BCUT2D eigenvalue weighted by atomic mass is 32.2. The number of carbonyl (C=O) groups excluding carboxylic acids is 1. The molecule has 1 aromatic heterocycles. The number of nitrogens with two attached hydrogens (primary N) is 1. The minimum atomic E-state index is -0.128. The molecule has 0 saturated carbocycles. The number of nitrogens with one attached hydrogen (secondary N) is 1. The van der Waals surface area contributed by atoms with E-state index in [1.54, 1.807) is 0 Å². The van der Waals surface area contributed by atoms with Gasteiger partial charge < -0.3 is 15.9 Å². The molecule has 0 aliphatic carbocycles. The summed E-state index contributed by atoms with van der Waals surface area (Å²) in [7, 11) is 0. The molecule has 8 heteroatoms. The van der Waals surface area contributed by atoms with Crippen LogP contribution in [0.2, 0.25) is 0 Å². The number of nitrogens with zero attached hydrogens (tertiary/aromatic N) is 3. The predicted molar refractivity (Wildman–Crippen MR) is 134 cm³/mol. The highest BCUT2D eigenvalue weighted by molar-refractivity contribution is 7.99. The van der Waals surface area contributed by atoms with Crippen molar-refractivity contribution >= 4 is 23.4 Å². The molecule has 176 valence electrons. The lowest BCUT2D eigenvalue weighted by molar-refractivity contribution is -0.113. The molecule has 7 nitrogen and oxygen atoms in total. The maximum atomic E-state index is 12.5. The molecule has 0 spiro atoms. The molecular formula is C25H33N5O2S. The number of carbonyl (C=O) groups is 1. The zero-order valence-corrected chi connectivity index (χ0v) is 21.0. The van der Waals surface area contributed by atoms with Crippen LogP contribution in [0.1, 0.15) is 58.5 Å². The fraction of sp³-hybridized carbons (Fsp3) is 0.400. The average molecular weight is 468 g/mol. The molecule has 3 N–H and O–H groups in total. The zero-order chi connectivity index (χ0) is 24.2. The van der Waals surface area contributed by atoms with E-state index in [-0.39, 0.29) is 29.1 Å². The van der Waals surface area contributed by atoms with Gasteiger partial charge in [0.2, 0.25) is 11.1 Å². The maximum absolute atomic E-state index is 12.5. The number of aromatic nitrogens is 3. The van der Waals surface area contributed by atoms with E-state index in [9.17, 15) is 4.79 Å². The van der Waals surface area contributed by atoms with Crippen LogP contribution in [-0.4, -0.2) is 26.5 Å². The Balaban J connectivity index is 1.56. The van der Waals surface area contributed by atoms with Crippen molar-refractivity contribution in [2.45, 2.75) is 64.1 Å². The van der Waals surface area contributed by atoms with Crippen LogP contribution in [0.3, 0.4) is 0 Å². The molecule has 0 atom stereocenters. The van der Waals surface area contributed by atoms with Crippen LogP contribution >= 0.6 is 11.8 Å². The van der Waals surface area contributed by atoms with Crippen LogP contribution in [0.4, 0.5) is 5.69 Å². The highest BCUT2D eigenvalue weighted by Crippen LogP contribution is 2.29. The monoisotopic (exact) mass is 467 g/mol. The molecule has 33 heavy (non-hydrogen) atoms. The van der Waals surface area contributed by atoms with Crippen molar-refractivity contribution in [1.82, 2.24) is 14.9 Å². The van der Waals surface area contributed by atoms with E-state index in [1.165, 1.54) is 22.0 Å². The Labute approximate surface area is 200 Å². The van der Waals surface area contributed by atoms with E-state index in [0.717, 1.165) is 17.0 Å². The van der Waals surface area contributed by atoms with Crippen molar-refractivity contribution in [2.24, 2.45) is 0 Å². The third-order valence-corrected chi connectivity index (χ3v) is 6.11. The van der Waals surface area contributed by atoms with E-state index in [0.29, 0.717) is 11.0 Å². The summed E-state index contributed by atoms with van der Waals surface area (Å²) in [5, 5.41) is 11.7. The number of benzene rings is 2. The first kappa shape index (κ1) is 24.6. The molecule has 0 radical (unpaired) electrons. The quantitative estimate of drug-likeness (QED) is 0.379. The number of thioether (sulfide) groups is 1. The molecule has 0 aliphatic heterocycles. The van der Waals surface area contributed by atoms with Crippen molar-refractivity contribution in [3.05, 3.63) is 65.5 Å². The Morgan fingerprint density at radius 2 is 1.67 bits per heavy atom. The summed E-state index contributed by atoms with van der Waals surface area (Å²) in [5.41, 5.74) is 3.15. The second-order valence-corrected chi connectivity index (χ2v) is 10.9. The molecule has 1 amide bonds. The fourth-order valence-corrected chi connectivity index (χ4v) is 3.94. The molecule has 0 fully saturated rings. The summed E-state index contributed by atoms with van der Waals surface area (Å²) in [5.74, 6) is 7.38. The normalized spacial score (nSPS) is 11.9. The van der Waals surface area contributed by atoms with Crippen LogP contribution in [0.15, 0.2) is 53.7 Å². The smallest absolute Gasteiger partial charge is 0.234 e. The van der Waals surface area contributed by atoms with Crippen molar-refractivity contribution in [2.75, 3.05) is 16.9 Å². The predicted octanol–water partition coefficient (Wildman–Crippen LogP) is 4.90. The van der Waals surface area contributed by atoms with Crippen LogP contribution < -0.4 is 15.9 Å². The second kappa shape index (κ2) is 9.87. The van der Waals surface area contributed by atoms with Crippen molar-refractivity contribution < 1.29 is 9.53 Å². The van der Waals surface area contributed by atoms with Gasteiger partial charge in [0.25, 0.3) is 0 Å². The van der Waals surface area contributed by atoms with Crippen LogP contribution in [-0.2, 0) is 22.2 Å². The SMILES string of the molecule is CC(C)(C)c1ccc(OCc2nnc(SCC(=O)Nc3ccccc3C(C)(C)C)n2N)cc1. The second-order valence-electron chi connectivity index (χ2n) is 9.96. The number of ether oxygens (including phenoxy) is 1. The van der Waals surface area contributed by atoms with E-state index in [2.05, 4.69) is 69.2 Å². The van der Waals surface area contributed by atoms with Gasteiger partial charge in [-0.05, 0) is 40.2 Å². The van der Waals surface area contributed by atoms with E-state index < -0.39 is 0 Å². The van der Waals surface area contributed by atoms with E-state index >= 15 is 0 Å². The largest absolute Gasteiger partial charge is 0.486 e. The van der Waals surface area contributed by atoms with Gasteiger partial charge in [-0.3, -0.25) is 4.79 Å². The fourth-order valence-electron chi connectivity index (χ4n) is 3.27. The van der Waals surface area contributed by atoms with Gasteiger partial charge in [0.1, 0.15) is 12.4 Å². The van der Waals surface area contributed by atoms with Gasteiger partial charge in [-0.15, -0.1) is 10.2 Å². The number of hydrogen-bond donors (Lipinski definition) is 2. The third-order valence-electron chi connectivity index (χ3n) is 5.16. The molecule has 2 aromatic carbocycles. The minimum Gasteiger partial charge on any atom is -0.486 e. The number of anilines is 1. The molecule has 0 aliphatic rings. The molecule has 0 unspecified atom stereocenters. The molecular weight excluding hydrogens is 434 g/mol. The van der Waals surface area contributed by atoms with Gasteiger partial charge in [-0.25, -0.2) is 4.68 Å². The van der Waals surface area contributed by atoms with Gasteiger partial charge in [-0.1, -0.05) is 83.6 Å².